The lowest BCUT2D eigenvalue weighted by atomic mass is 9.97. The number of rotatable bonds is 2. The molecule has 0 atom stereocenters. The molecule has 118 valence electrons. The van der Waals surface area contributed by atoms with Crippen molar-refractivity contribution in [1.29, 1.82) is 0 Å². The lowest BCUT2D eigenvalue weighted by molar-refractivity contribution is 1.05. The molecule has 1 aliphatic heterocycles. The van der Waals surface area contributed by atoms with Gasteiger partial charge in [-0.1, -0.05) is 36.9 Å². The highest BCUT2D eigenvalue weighted by Gasteiger charge is 2.22. The minimum atomic E-state index is 0.727. The smallest absolute Gasteiger partial charge is 0.178 e. The van der Waals surface area contributed by atoms with Gasteiger partial charge in [-0.25, -0.2) is 4.99 Å². The van der Waals surface area contributed by atoms with Crippen LogP contribution in [0.25, 0.3) is 6.08 Å². The van der Waals surface area contributed by atoms with E-state index in [9.17, 15) is 0 Å². The lowest BCUT2D eigenvalue weighted by Gasteiger charge is -2.12. The maximum atomic E-state index is 4.92. The fourth-order valence-corrected chi connectivity index (χ4v) is 2.89. The average Bonchev–Trinajstić information content (AvgIpc) is 2.85. The Morgan fingerprint density at radius 3 is 2.79 bits per heavy atom. The van der Waals surface area contributed by atoms with Gasteiger partial charge in [-0.05, 0) is 25.5 Å². The molecular weight excluding hydrogens is 298 g/mol. The first-order valence-electron chi connectivity index (χ1n) is 7.77. The molecule has 0 saturated carbocycles. The van der Waals surface area contributed by atoms with Crippen molar-refractivity contribution in [2.75, 3.05) is 5.32 Å². The van der Waals surface area contributed by atoms with E-state index < -0.39 is 0 Å². The van der Waals surface area contributed by atoms with Crippen molar-refractivity contribution in [2.24, 2.45) is 4.99 Å². The first-order valence-corrected chi connectivity index (χ1v) is 7.77. The number of hydrogen-bond acceptors (Lipinski definition) is 4. The minimum absolute atomic E-state index is 0.727. The van der Waals surface area contributed by atoms with Crippen LogP contribution in [0, 0.1) is 13.8 Å². The molecule has 1 aromatic carbocycles. The number of nitrogens with zero attached hydrogens (tertiary/aromatic N) is 3. The van der Waals surface area contributed by atoms with Crippen LogP contribution in [-0.4, -0.2) is 20.9 Å². The number of aryl methyl sites for hydroxylation is 2. The zero-order valence-corrected chi connectivity index (χ0v) is 13.6. The van der Waals surface area contributed by atoms with Crippen molar-refractivity contribution in [2.45, 2.75) is 13.8 Å². The summed E-state index contributed by atoms with van der Waals surface area (Å²) in [6, 6.07) is 10.1. The molecule has 0 saturated heterocycles. The number of aromatic nitrogens is 3. The largest absolute Gasteiger partial charge is 0.336 e. The van der Waals surface area contributed by atoms with E-state index in [0.29, 0.717) is 0 Å². The number of nitrogens with one attached hydrogen (secondary N) is 2. The number of aliphatic imine (C=N–C) groups is 1. The molecule has 0 radical (unpaired) electrons. The van der Waals surface area contributed by atoms with E-state index in [1.165, 1.54) is 0 Å². The Morgan fingerprint density at radius 2 is 1.96 bits per heavy atom. The predicted molar refractivity (Wildman–Crippen MR) is 97.4 cm³/mol. The van der Waals surface area contributed by atoms with Crippen LogP contribution in [0.15, 0.2) is 48.1 Å². The third-order valence-corrected chi connectivity index (χ3v) is 4.12. The Morgan fingerprint density at radius 1 is 1.12 bits per heavy atom. The van der Waals surface area contributed by atoms with Gasteiger partial charge in [-0.2, -0.15) is 5.10 Å². The number of pyridine rings is 1. The van der Waals surface area contributed by atoms with E-state index >= 15 is 0 Å². The standard InChI is InChI=1S/C19H17N5/c1-4-13-7-5-6-8-14(13)18-15-10-20-11(2)9-16(15)21-19-17(22-18)12(3)23-24-19/h4-10H,1H2,2-3H3,(H2,21,23,24). The van der Waals surface area contributed by atoms with Crippen LogP contribution in [0.1, 0.15) is 28.1 Å². The van der Waals surface area contributed by atoms with Crippen LogP contribution in [-0.2, 0) is 0 Å². The molecule has 0 spiro atoms. The summed E-state index contributed by atoms with van der Waals surface area (Å²) in [7, 11) is 0. The third kappa shape index (κ3) is 2.22. The second-order valence-corrected chi connectivity index (χ2v) is 5.79. The van der Waals surface area contributed by atoms with E-state index in [0.717, 1.165) is 51.0 Å². The van der Waals surface area contributed by atoms with Gasteiger partial charge in [-0.15, -0.1) is 0 Å². The second-order valence-electron chi connectivity index (χ2n) is 5.79. The molecule has 2 N–H and O–H groups in total. The quantitative estimate of drug-likeness (QED) is 0.580. The van der Waals surface area contributed by atoms with E-state index in [1.54, 1.807) is 0 Å². The summed E-state index contributed by atoms with van der Waals surface area (Å²) in [5, 5.41) is 10.7. The first kappa shape index (κ1) is 14.4. The molecule has 3 heterocycles. The molecule has 24 heavy (non-hydrogen) atoms. The molecule has 4 rings (SSSR count). The molecule has 3 aromatic rings. The van der Waals surface area contributed by atoms with Gasteiger partial charge in [0.1, 0.15) is 5.69 Å². The van der Waals surface area contributed by atoms with E-state index in [-0.39, 0.29) is 0 Å². The highest BCUT2D eigenvalue weighted by molar-refractivity contribution is 6.19. The van der Waals surface area contributed by atoms with Crippen LogP contribution in [0.2, 0.25) is 0 Å². The predicted octanol–water partition coefficient (Wildman–Crippen LogP) is 4.29. The summed E-state index contributed by atoms with van der Waals surface area (Å²) < 4.78 is 0. The van der Waals surface area contributed by atoms with Crippen molar-refractivity contribution in [3.05, 3.63) is 71.2 Å². The lowest BCUT2D eigenvalue weighted by Crippen LogP contribution is -2.08. The number of H-pyrrole nitrogens is 1. The van der Waals surface area contributed by atoms with Gasteiger partial charge in [0.15, 0.2) is 5.82 Å². The van der Waals surface area contributed by atoms with Gasteiger partial charge in [0.2, 0.25) is 0 Å². The van der Waals surface area contributed by atoms with Crippen molar-refractivity contribution in [3.63, 3.8) is 0 Å². The van der Waals surface area contributed by atoms with Crippen molar-refractivity contribution >= 4 is 29.0 Å². The summed E-state index contributed by atoms with van der Waals surface area (Å²) in [5.41, 5.74) is 7.50. The zero-order valence-electron chi connectivity index (χ0n) is 13.6. The number of benzene rings is 1. The van der Waals surface area contributed by atoms with E-state index in [4.69, 9.17) is 4.99 Å². The first-order chi connectivity index (χ1) is 11.7. The molecule has 0 bridgehead atoms. The number of hydrogen-bond donors (Lipinski definition) is 2. The van der Waals surface area contributed by atoms with Crippen molar-refractivity contribution < 1.29 is 0 Å². The topological polar surface area (TPSA) is 66.0 Å². The highest BCUT2D eigenvalue weighted by Crippen LogP contribution is 2.36. The Kier molecular flexibility index (Phi) is 3.27. The maximum absolute atomic E-state index is 4.92. The zero-order chi connectivity index (χ0) is 16.7. The molecule has 0 fully saturated rings. The number of aromatic amines is 1. The monoisotopic (exact) mass is 315 g/mol. The van der Waals surface area contributed by atoms with Crippen molar-refractivity contribution in [1.82, 2.24) is 15.2 Å². The van der Waals surface area contributed by atoms with Crippen LogP contribution in [0.4, 0.5) is 17.2 Å². The Labute approximate surface area is 140 Å². The van der Waals surface area contributed by atoms with Crippen LogP contribution in [0.5, 0.6) is 0 Å². The minimum Gasteiger partial charge on any atom is -0.336 e. The Hall–Kier alpha value is -3.21. The van der Waals surface area contributed by atoms with Gasteiger partial charge >= 0.3 is 0 Å². The van der Waals surface area contributed by atoms with Gasteiger partial charge < -0.3 is 5.32 Å². The number of anilines is 2. The maximum Gasteiger partial charge on any atom is 0.178 e. The molecular formula is C19H17N5. The molecule has 5 nitrogen and oxygen atoms in total. The molecule has 0 amide bonds. The van der Waals surface area contributed by atoms with E-state index in [1.807, 2.05) is 50.4 Å². The number of fused-ring (bicyclic) bond motifs is 2. The van der Waals surface area contributed by atoms with E-state index in [2.05, 4.69) is 33.1 Å². The summed E-state index contributed by atoms with van der Waals surface area (Å²) in [6.07, 6.45) is 3.71. The Bertz CT molecular complexity index is 981. The summed E-state index contributed by atoms with van der Waals surface area (Å²) in [6.45, 7) is 7.86. The summed E-state index contributed by atoms with van der Waals surface area (Å²) in [5.74, 6) is 0.727. The van der Waals surface area contributed by atoms with Gasteiger partial charge in [0.05, 0.1) is 17.1 Å². The fourth-order valence-electron chi connectivity index (χ4n) is 2.89. The third-order valence-electron chi connectivity index (χ3n) is 4.12. The SMILES string of the molecule is C=Cc1ccccc1C1=Nc2c(n[nH]c2C)Nc2cc(C)ncc21. The normalized spacial score (nSPS) is 12.5. The molecule has 2 aromatic heterocycles. The van der Waals surface area contributed by atoms with Crippen molar-refractivity contribution in [3.8, 4) is 0 Å². The molecule has 5 heteroatoms. The summed E-state index contributed by atoms with van der Waals surface area (Å²) in [4.78, 5) is 9.38. The molecule has 0 unspecified atom stereocenters. The second kappa shape index (κ2) is 5.45. The van der Waals surface area contributed by atoms with Gasteiger partial charge in [0, 0.05) is 23.0 Å². The summed E-state index contributed by atoms with van der Waals surface area (Å²) >= 11 is 0. The van der Waals surface area contributed by atoms with Crippen LogP contribution in [0.3, 0.4) is 0 Å². The van der Waals surface area contributed by atoms with Crippen LogP contribution < -0.4 is 5.32 Å². The molecule has 1 aliphatic rings. The average molecular weight is 315 g/mol. The molecule has 0 aliphatic carbocycles. The highest BCUT2D eigenvalue weighted by atomic mass is 15.2. The van der Waals surface area contributed by atoms with Crippen LogP contribution >= 0.6 is 0 Å². The fraction of sp³-hybridized carbons (Fsp3) is 0.105. The Balaban J connectivity index is 2.05. The van der Waals surface area contributed by atoms with Gasteiger partial charge in [-0.3, -0.25) is 10.1 Å². The van der Waals surface area contributed by atoms with Gasteiger partial charge in [0.25, 0.3) is 0 Å².